The number of methoxy groups -OCH3 is 2. The van der Waals surface area contributed by atoms with Gasteiger partial charge in [0.1, 0.15) is 5.75 Å². The summed E-state index contributed by atoms with van der Waals surface area (Å²) in [6.07, 6.45) is 1.72. The minimum absolute atomic E-state index is 0.0157. The van der Waals surface area contributed by atoms with E-state index >= 15 is 0 Å². The largest absolute Gasteiger partial charge is 0.497 e. The molecule has 0 bridgehead atoms. The summed E-state index contributed by atoms with van der Waals surface area (Å²) in [6.45, 7) is 5.30. The van der Waals surface area contributed by atoms with E-state index < -0.39 is 11.9 Å². The number of carbonyl (C=O) groups excluding carboxylic acids is 3. The van der Waals surface area contributed by atoms with E-state index in [1.54, 1.807) is 31.4 Å². The van der Waals surface area contributed by atoms with Crippen molar-refractivity contribution in [3.05, 3.63) is 88.5 Å². The second-order valence-electron chi connectivity index (χ2n) is 9.94. The number of ether oxygens (including phenoxy) is 2. The van der Waals surface area contributed by atoms with Crippen LogP contribution < -0.4 is 15.8 Å². The summed E-state index contributed by atoms with van der Waals surface area (Å²) in [5.74, 6) is -0.136. The van der Waals surface area contributed by atoms with E-state index in [1.807, 2.05) is 44.2 Å². The normalized spacial score (nSPS) is 15.9. The Morgan fingerprint density at radius 3 is 2.38 bits per heavy atom. The van der Waals surface area contributed by atoms with Crippen molar-refractivity contribution < 1.29 is 23.9 Å². The highest BCUT2D eigenvalue weighted by molar-refractivity contribution is 5.93. The van der Waals surface area contributed by atoms with Gasteiger partial charge in [-0.15, -0.1) is 0 Å². The summed E-state index contributed by atoms with van der Waals surface area (Å²) in [5.41, 5.74) is 11.2. The molecule has 39 heavy (non-hydrogen) atoms. The molecule has 3 aromatic rings. The number of nitrogens with two attached hydrogens (primary N) is 1. The number of rotatable bonds is 9. The molecule has 4 rings (SSSR count). The number of primary amides is 1. The van der Waals surface area contributed by atoms with Gasteiger partial charge in [0, 0.05) is 12.1 Å². The third-order valence-corrected chi connectivity index (χ3v) is 7.27. The minimum Gasteiger partial charge on any atom is -0.497 e. The van der Waals surface area contributed by atoms with Gasteiger partial charge in [0.25, 0.3) is 0 Å². The second-order valence-corrected chi connectivity index (χ2v) is 9.94. The topological polar surface area (TPSA) is 111 Å². The number of carbonyl (C=O) groups is 3. The Hall–Kier alpha value is -4.17. The average Bonchev–Trinajstić information content (AvgIpc) is 3.40. The van der Waals surface area contributed by atoms with Crippen LogP contribution in [0.2, 0.25) is 0 Å². The molecule has 0 radical (unpaired) electrons. The zero-order valence-corrected chi connectivity index (χ0v) is 22.8. The third kappa shape index (κ3) is 6.46. The van der Waals surface area contributed by atoms with E-state index in [1.165, 1.54) is 7.11 Å². The van der Waals surface area contributed by atoms with Crippen LogP contribution in [0.1, 0.15) is 63.2 Å². The van der Waals surface area contributed by atoms with Crippen molar-refractivity contribution in [3.63, 3.8) is 0 Å². The molecule has 0 aromatic heterocycles. The smallest absolute Gasteiger partial charge is 0.337 e. The number of benzene rings is 3. The van der Waals surface area contributed by atoms with E-state index in [4.69, 9.17) is 15.2 Å². The first kappa shape index (κ1) is 27.9. The van der Waals surface area contributed by atoms with Crippen LogP contribution in [-0.4, -0.2) is 49.5 Å². The van der Waals surface area contributed by atoms with Crippen molar-refractivity contribution in [1.29, 1.82) is 0 Å². The van der Waals surface area contributed by atoms with Crippen molar-refractivity contribution in [2.75, 3.05) is 20.8 Å². The second kappa shape index (κ2) is 12.1. The quantitative estimate of drug-likeness (QED) is 0.398. The summed E-state index contributed by atoms with van der Waals surface area (Å²) in [5, 5.41) is 3.14. The van der Waals surface area contributed by atoms with E-state index in [2.05, 4.69) is 16.3 Å². The van der Waals surface area contributed by atoms with Crippen molar-refractivity contribution in [2.24, 2.45) is 5.73 Å². The number of amides is 2. The van der Waals surface area contributed by atoms with Crippen LogP contribution in [0, 0.1) is 6.92 Å². The standard InChI is InChI=1S/C31H35N3O5/c1-19-14-24(29(32)35)11-12-27(19)25-15-21(16-26(17-25)38-3)18-34-13-5-6-28(34)30(36)33-20(2)22-7-9-23(10-8-22)31(37)39-4/h7-12,14-17,20,28H,5-6,13,18H2,1-4H3,(H2,32,35)(H,33,36)/t20-,28+/m0/s1. The van der Waals surface area contributed by atoms with Gasteiger partial charge in [0.15, 0.2) is 0 Å². The third-order valence-electron chi connectivity index (χ3n) is 7.27. The van der Waals surface area contributed by atoms with Crippen LogP contribution in [0.25, 0.3) is 11.1 Å². The summed E-state index contributed by atoms with van der Waals surface area (Å²) >= 11 is 0. The minimum atomic E-state index is -0.457. The van der Waals surface area contributed by atoms with E-state index in [-0.39, 0.29) is 18.0 Å². The van der Waals surface area contributed by atoms with E-state index in [0.29, 0.717) is 17.7 Å². The molecule has 1 aliphatic rings. The van der Waals surface area contributed by atoms with Crippen LogP contribution in [0.5, 0.6) is 5.75 Å². The van der Waals surface area contributed by atoms with Crippen LogP contribution in [0.4, 0.5) is 0 Å². The maximum atomic E-state index is 13.3. The maximum Gasteiger partial charge on any atom is 0.337 e. The fraction of sp³-hybridized carbons (Fsp3) is 0.323. The molecular formula is C31H35N3O5. The Morgan fingerprint density at radius 2 is 1.74 bits per heavy atom. The lowest BCUT2D eigenvalue weighted by molar-refractivity contribution is -0.126. The zero-order chi connectivity index (χ0) is 28.1. The molecule has 1 saturated heterocycles. The molecule has 8 nitrogen and oxygen atoms in total. The molecule has 1 fully saturated rings. The van der Waals surface area contributed by atoms with Gasteiger partial charge in [0.05, 0.1) is 31.9 Å². The Labute approximate surface area is 229 Å². The summed E-state index contributed by atoms with van der Waals surface area (Å²) < 4.78 is 10.3. The van der Waals surface area contributed by atoms with Gasteiger partial charge in [0.2, 0.25) is 11.8 Å². The number of likely N-dealkylation sites (tertiary alicyclic amines) is 1. The highest BCUT2D eigenvalue weighted by Gasteiger charge is 2.31. The molecule has 0 saturated carbocycles. The fourth-order valence-corrected chi connectivity index (χ4v) is 5.13. The summed E-state index contributed by atoms with van der Waals surface area (Å²) in [6, 6.07) is 18.1. The Bertz CT molecular complexity index is 1370. The highest BCUT2D eigenvalue weighted by atomic mass is 16.5. The first-order valence-electron chi connectivity index (χ1n) is 13.0. The van der Waals surface area contributed by atoms with Crippen LogP contribution in [0.15, 0.2) is 60.7 Å². The van der Waals surface area contributed by atoms with Crippen molar-refractivity contribution >= 4 is 17.8 Å². The van der Waals surface area contributed by atoms with Gasteiger partial charge >= 0.3 is 5.97 Å². The Morgan fingerprint density at radius 1 is 1.03 bits per heavy atom. The number of aryl methyl sites for hydroxylation is 1. The number of hydrogen-bond acceptors (Lipinski definition) is 6. The lowest BCUT2D eigenvalue weighted by Crippen LogP contribution is -2.43. The van der Waals surface area contributed by atoms with Crippen LogP contribution in [-0.2, 0) is 16.1 Å². The van der Waals surface area contributed by atoms with Gasteiger partial charge in [-0.1, -0.05) is 18.2 Å². The molecule has 2 atom stereocenters. The molecule has 3 aromatic carbocycles. The Kier molecular flexibility index (Phi) is 8.66. The van der Waals surface area contributed by atoms with Crippen LogP contribution in [0.3, 0.4) is 0 Å². The van der Waals surface area contributed by atoms with Crippen molar-refractivity contribution in [1.82, 2.24) is 10.2 Å². The lowest BCUT2D eigenvalue weighted by atomic mass is 9.96. The summed E-state index contributed by atoms with van der Waals surface area (Å²) in [7, 11) is 2.99. The molecule has 0 unspecified atom stereocenters. The molecule has 204 valence electrons. The number of nitrogens with one attached hydrogen (secondary N) is 1. The van der Waals surface area contributed by atoms with Gasteiger partial charge in [-0.2, -0.15) is 0 Å². The van der Waals surface area contributed by atoms with E-state index in [0.717, 1.165) is 53.0 Å². The van der Waals surface area contributed by atoms with Gasteiger partial charge in [-0.3, -0.25) is 14.5 Å². The Balaban J connectivity index is 1.49. The first-order chi connectivity index (χ1) is 18.7. The van der Waals surface area contributed by atoms with E-state index in [9.17, 15) is 14.4 Å². The molecule has 8 heteroatoms. The van der Waals surface area contributed by atoms with Gasteiger partial charge < -0.3 is 20.5 Å². The monoisotopic (exact) mass is 529 g/mol. The zero-order valence-electron chi connectivity index (χ0n) is 22.8. The SMILES string of the molecule is COC(=O)c1ccc([C@H](C)NC(=O)[C@H]2CCCN2Cc2cc(OC)cc(-c3ccc(C(N)=O)cc3C)c2)cc1. The molecule has 1 aliphatic heterocycles. The predicted octanol–water partition coefficient (Wildman–Crippen LogP) is 4.40. The molecule has 0 spiro atoms. The van der Waals surface area contributed by atoms with Gasteiger partial charge in [-0.25, -0.2) is 4.79 Å². The van der Waals surface area contributed by atoms with Crippen LogP contribution >= 0.6 is 0 Å². The number of nitrogens with zero attached hydrogens (tertiary/aromatic N) is 1. The van der Waals surface area contributed by atoms with Crippen molar-refractivity contribution in [2.45, 2.75) is 45.3 Å². The molecular weight excluding hydrogens is 494 g/mol. The molecule has 3 N–H and O–H groups in total. The van der Waals surface area contributed by atoms with Crippen molar-refractivity contribution in [3.8, 4) is 16.9 Å². The number of hydrogen-bond donors (Lipinski definition) is 2. The molecule has 1 heterocycles. The average molecular weight is 530 g/mol. The molecule has 2 amide bonds. The fourth-order valence-electron chi connectivity index (χ4n) is 5.13. The number of esters is 1. The molecule has 0 aliphatic carbocycles. The highest BCUT2D eigenvalue weighted by Crippen LogP contribution is 2.31. The summed E-state index contributed by atoms with van der Waals surface area (Å²) in [4.78, 5) is 38.8. The maximum absolute atomic E-state index is 13.3. The van der Waals surface area contributed by atoms with Gasteiger partial charge in [-0.05, 0) is 104 Å². The predicted molar refractivity (Wildman–Crippen MR) is 149 cm³/mol. The first-order valence-corrected chi connectivity index (χ1v) is 13.0. The lowest BCUT2D eigenvalue weighted by Gasteiger charge is -2.26.